The molecule has 0 saturated carbocycles. The number of aryl methyl sites for hydroxylation is 1. The number of hydrogen-bond donors (Lipinski definition) is 3. The van der Waals surface area contributed by atoms with Gasteiger partial charge < -0.3 is 20.4 Å². The molecule has 2 amide bonds. The second-order valence-corrected chi connectivity index (χ2v) is 11.4. The Labute approximate surface area is 249 Å². The molecule has 1 unspecified atom stereocenters. The van der Waals surface area contributed by atoms with Gasteiger partial charge in [0, 0.05) is 37.4 Å². The molecule has 3 aliphatic rings. The summed E-state index contributed by atoms with van der Waals surface area (Å²) in [5.74, 6) is 2.25. The van der Waals surface area contributed by atoms with Crippen LogP contribution in [-0.4, -0.2) is 56.9 Å². The van der Waals surface area contributed by atoms with Gasteiger partial charge in [-0.3, -0.25) is 5.32 Å². The fourth-order valence-corrected chi connectivity index (χ4v) is 6.14. The van der Waals surface area contributed by atoms with E-state index in [4.69, 9.17) is 20.1 Å². The topological polar surface area (TPSA) is 116 Å². The third kappa shape index (κ3) is 5.56. The Morgan fingerprint density at radius 2 is 1.42 bits per heavy atom. The van der Waals surface area contributed by atoms with E-state index in [1.165, 1.54) is 25.0 Å². The molecule has 2 aromatic heterocycles. The van der Waals surface area contributed by atoms with Crippen molar-refractivity contribution in [3.8, 4) is 5.69 Å². The summed E-state index contributed by atoms with van der Waals surface area (Å²) in [5, 5.41) is 14.0. The predicted molar refractivity (Wildman–Crippen MR) is 164 cm³/mol. The van der Waals surface area contributed by atoms with Crippen LogP contribution in [0.5, 0.6) is 0 Å². The van der Waals surface area contributed by atoms with Gasteiger partial charge in [0.15, 0.2) is 0 Å². The predicted octanol–water partition coefficient (Wildman–Crippen LogP) is 5.45. The average Bonchev–Trinajstić information content (AvgIpc) is 3.37. The van der Waals surface area contributed by atoms with Crippen LogP contribution in [-0.2, 0) is 0 Å². The summed E-state index contributed by atoms with van der Waals surface area (Å²) in [6.07, 6.45) is 7.06. The summed E-state index contributed by atoms with van der Waals surface area (Å²) in [7, 11) is 0. The molecule has 5 heterocycles. The smallest absolute Gasteiger partial charge is 0.321 e. The molecule has 3 N–H and O–H groups in total. The Kier molecular flexibility index (Phi) is 7.25. The molecule has 12 heteroatoms. The Morgan fingerprint density at radius 1 is 0.814 bits per heavy atom. The molecule has 2 saturated heterocycles. The zero-order chi connectivity index (χ0) is 29.3. The number of halogens is 1. The van der Waals surface area contributed by atoms with Crippen LogP contribution in [0.1, 0.15) is 61.4 Å². The van der Waals surface area contributed by atoms with Gasteiger partial charge in [0.2, 0.25) is 17.8 Å². The second-order valence-electron chi connectivity index (χ2n) is 11.4. The summed E-state index contributed by atoms with van der Waals surface area (Å²) in [6.45, 7) is 5.73. The van der Waals surface area contributed by atoms with Crippen molar-refractivity contribution in [2.24, 2.45) is 0 Å². The van der Waals surface area contributed by atoms with Crippen molar-refractivity contribution in [1.29, 1.82) is 0 Å². The van der Waals surface area contributed by atoms with E-state index in [1.54, 1.807) is 16.8 Å². The van der Waals surface area contributed by atoms with Crippen LogP contribution >= 0.6 is 0 Å². The number of nitrogens with one attached hydrogen (secondary N) is 3. The van der Waals surface area contributed by atoms with Gasteiger partial charge in [0.05, 0.1) is 17.4 Å². The van der Waals surface area contributed by atoms with E-state index in [9.17, 15) is 9.18 Å². The number of anilines is 5. The van der Waals surface area contributed by atoms with Gasteiger partial charge >= 0.3 is 6.03 Å². The highest BCUT2D eigenvalue weighted by Crippen LogP contribution is 2.36. The highest BCUT2D eigenvalue weighted by molar-refractivity contribution is 5.93. The molecular formula is C31H35FN10O. The maximum Gasteiger partial charge on any atom is 0.321 e. The lowest BCUT2D eigenvalue weighted by Crippen LogP contribution is -2.38. The van der Waals surface area contributed by atoms with Gasteiger partial charge in [-0.1, -0.05) is 12.1 Å². The summed E-state index contributed by atoms with van der Waals surface area (Å²) in [6, 6.07) is 13.1. The summed E-state index contributed by atoms with van der Waals surface area (Å²) < 4.78 is 15.3. The Morgan fingerprint density at radius 3 is 2.02 bits per heavy atom. The van der Waals surface area contributed by atoms with E-state index in [2.05, 4.69) is 25.8 Å². The minimum Gasteiger partial charge on any atom is -0.341 e. The Hall–Kier alpha value is -4.74. The highest BCUT2D eigenvalue weighted by Gasteiger charge is 2.32. The average molecular weight is 583 g/mol. The number of piperidine rings is 2. The lowest BCUT2D eigenvalue weighted by molar-refractivity contribution is 0.249. The van der Waals surface area contributed by atoms with Crippen LogP contribution in [0.25, 0.3) is 5.69 Å². The molecule has 7 rings (SSSR count). The number of fused-ring (bicyclic) bond motifs is 1. The lowest BCUT2D eigenvalue weighted by atomic mass is 9.97. The van der Waals surface area contributed by atoms with Gasteiger partial charge in [0.1, 0.15) is 11.6 Å². The molecule has 0 bridgehead atoms. The van der Waals surface area contributed by atoms with Crippen LogP contribution < -0.4 is 25.8 Å². The van der Waals surface area contributed by atoms with Crippen molar-refractivity contribution in [3.63, 3.8) is 0 Å². The monoisotopic (exact) mass is 582 g/mol. The molecule has 43 heavy (non-hydrogen) atoms. The zero-order valence-electron chi connectivity index (χ0n) is 24.2. The molecule has 3 aliphatic heterocycles. The second kappa shape index (κ2) is 11.5. The Balaban J connectivity index is 1.16. The summed E-state index contributed by atoms with van der Waals surface area (Å²) in [4.78, 5) is 31.7. The number of nitrogens with zero attached hydrogens (tertiary/aromatic N) is 7. The molecule has 2 fully saturated rings. The zero-order valence-corrected chi connectivity index (χ0v) is 24.2. The minimum atomic E-state index is -0.439. The van der Waals surface area contributed by atoms with Crippen molar-refractivity contribution < 1.29 is 9.18 Å². The molecule has 0 radical (unpaired) electrons. The van der Waals surface area contributed by atoms with Crippen LogP contribution in [0, 0.1) is 12.7 Å². The molecule has 222 valence electrons. The summed E-state index contributed by atoms with van der Waals surface area (Å²) in [5.41, 5.74) is 4.00. The molecule has 0 spiro atoms. The number of carbonyl (C=O) groups excluding carboxylic acids is 1. The standard InChI is InChI=1S/C31H35FN10O/c1-20-25-26(21-8-10-22(32)11-9-21)34-31(43)35-27(25)42(39-20)24-14-12-23(13-15-24)33-28-36-29(40-16-4-2-5-17-40)38-30(37-28)41-18-6-3-7-19-41/h8-15,26H,2-7,16-19H2,1H3,(H2,34,35,43)(H,33,36,37,38). The van der Waals surface area contributed by atoms with Gasteiger partial charge in [0.25, 0.3) is 0 Å². The van der Waals surface area contributed by atoms with Gasteiger partial charge in [-0.25, -0.2) is 13.9 Å². The van der Waals surface area contributed by atoms with E-state index >= 15 is 0 Å². The van der Waals surface area contributed by atoms with Crippen LogP contribution in [0.2, 0.25) is 0 Å². The first kappa shape index (κ1) is 27.1. The number of aromatic nitrogens is 5. The molecule has 2 aromatic carbocycles. The molecule has 0 aliphatic carbocycles. The first-order valence-corrected chi connectivity index (χ1v) is 15.1. The van der Waals surface area contributed by atoms with Crippen molar-refractivity contribution >= 4 is 35.4 Å². The normalized spacial score (nSPS) is 18.6. The number of amides is 2. The quantitative estimate of drug-likeness (QED) is 0.275. The first-order chi connectivity index (χ1) is 21.0. The van der Waals surface area contributed by atoms with Gasteiger partial charge in [-0.2, -0.15) is 20.1 Å². The van der Waals surface area contributed by atoms with Crippen LogP contribution in [0.3, 0.4) is 0 Å². The van der Waals surface area contributed by atoms with Crippen molar-refractivity contribution in [2.75, 3.05) is 46.6 Å². The third-order valence-electron chi connectivity index (χ3n) is 8.36. The number of carbonyl (C=O) groups is 1. The van der Waals surface area contributed by atoms with E-state index in [1.807, 2.05) is 31.2 Å². The molecule has 4 aromatic rings. The molecule has 1 atom stereocenters. The van der Waals surface area contributed by atoms with E-state index in [-0.39, 0.29) is 11.8 Å². The number of urea groups is 1. The minimum absolute atomic E-state index is 0.326. The van der Waals surface area contributed by atoms with Crippen molar-refractivity contribution in [1.82, 2.24) is 30.0 Å². The highest BCUT2D eigenvalue weighted by atomic mass is 19.1. The van der Waals surface area contributed by atoms with Crippen molar-refractivity contribution in [2.45, 2.75) is 51.5 Å². The number of benzene rings is 2. The van der Waals surface area contributed by atoms with Crippen molar-refractivity contribution in [3.05, 3.63) is 71.2 Å². The SMILES string of the molecule is Cc1nn(-c2ccc(Nc3nc(N4CCCCC4)nc(N4CCCCC4)n3)cc2)c2c1C(c1ccc(F)cc1)NC(=O)N2. The fourth-order valence-electron chi connectivity index (χ4n) is 6.14. The fraction of sp³-hybridized carbons (Fsp3) is 0.387. The first-order valence-electron chi connectivity index (χ1n) is 15.1. The third-order valence-corrected chi connectivity index (χ3v) is 8.36. The van der Waals surface area contributed by atoms with Gasteiger partial charge in [-0.15, -0.1) is 0 Å². The van der Waals surface area contributed by atoms with Crippen LogP contribution in [0.15, 0.2) is 48.5 Å². The van der Waals surface area contributed by atoms with E-state index in [0.717, 1.165) is 92.0 Å². The number of hydrogen-bond acceptors (Lipinski definition) is 8. The largest absolute Gasteiger partial charge is 0.341 e. The number of rotatable bonds is 6. The molecule has 11 nitrogen and oxygen atoms in total. The van der Waals surface area contributed by atoms with E-state index < -0.39 is 6.04 Å². The summed E-state index contributed by atoms with van der Waals surface area (Å²) >= 11 is 0. The maximum absolute atomic E-state index is 13.6. The Bertz CT molecular complexity index is 1570. The van der Waals surface area contributed by atoms with Gasteiger partial charge in [-0.05, 0) is 87.4 Å². The maximum atomic E-state index is 13.6. The lowest BCUT2D eigenvalue weighted by Gasteiger charge is -2.30. The molecular weight excluding hydrogens is 547 g/mol. The van der Waals surface area contributed by atoms with E-state index in [0.29, 0.717) is 11.8 Å². The van der Waals surface area contributed by atoms with Crippen LogP contribution in [0.4, 0.5) is 38.5 Å².